The Balaban J connectivity index is 1.71. The molecule has 41 heavy (non-hydrogen) atoms. The van der Waals surface area contributed by atoms with E-state index < -0.39 is 98.6 Å². The molecule has 0 unspecified atom stereocenters. The van der Waals surface area contributed by atoms with E-state index in [9.17, 15) is 55.2 Å². The minimum absolute atomic E-state index is 0.0909. The van der Waals surface area contributed by atoms with Crippen molar-refractivity contribution < 1.29 is 79.3 Å². The lowest BCUT2D eigenvalue weighted by Crippen LogP contribution is -2.59. The Bertz CT molecular complexity index is 835. The van der Waals surface area contributed by atoms with Crippen molar-refractivity contribution in [2.45, 2.75) is 80.3 Å². The number of hydrogen-bond acceptors (Lipinski definition) is 15. The molecule has 0 aromatic carbocycles. The first-order valence-corrected chi connectivity index (χ1v) is 12.8. The molecular formula is C22H39N3O16. The highest BCUT2D eigenvalue weighted by molar-refractivity contribution is 5.86. The molecule has 0 radical (unpaired) electrons. The topological polar surface area (TPSA) is 306 Å². The molecule has 0 bridgehead atoms. The van der Waals surface area contributed by atoms with Gasteiger partial charge in [-0.05, 0) is 6.42 Å². The summed E-state index contributed by atoms with van der Waals surface area (Å²) in [5.74, 6) is -1.36. The number of aliphatic hydroxyl groups excluding tert-OH is 8. The van der Waals surface area contributed by atoms with Gasteiger partial charge in [0.15, 0.2) is 12.6 Å². The second-order valence-corrected chi connectivity index (χ2v) is 9.32. The Labute approximate surface area is 233 Å². The number of carboxylic acid groups (broad SMARTS) is 1. The van der Waals surface area contributed by atoms with Crippen LogP contribution in [0.25, 0.3) is 0 Å². The molecule has 19 nitrogen and oxygen atoms in total. The van der Waals surface area contributed by atoms with Crippen molar-refractivity contribution in [2.75, 3.05) is 39.5 Å². The Morgan fingerprint density at radius 3 is 1.61 bits per heavy atom. The molecule has 12 N–H and O–H groups in total. The van der Waals surface area contributed by atoms with Crippen LogP contribution in [0, 0.1) is 0 Å². The zero-order valence-corrected chi connectivity index (χ0v) is 21.9. The lowest BCUT2D eigenvalue weighted by molar-refractivity contribution is -0.300. The van der Waals surface area contributed by atoms with Crippen molar-refractivity contribution in [2.24, 2.45) is 0 Å². The van der Waals surface area contributed by atoms with Crippen LogP contribution in [-0.2, 0) is 28.5 Å². The van der Waals surface area contributed by atoms with Gasteiger partial charge < -0.3 is 80.9 Å². The molecule has 19 heteroatoms. The number of hydrogen-bond donors (Lipinski definition) is 12. The van der Waals surface area contributed by atoms with E-state index in [1.54, 1.807) is 0 Å². The molecule has 2 aliphatic heterocycles. The van der Waals surface area contributed by atoms with Crippen molar-refractivity contribution in [1.29, 1.82) is 0 Å². The second-order valence-electron chi connectivity index (χ2n) is 9.32. The first-order valence-electron chi connectivity index (χ1n) is 12.8. The number of amides is 3. The van der Waals surface area contributed by atoms with Gasteiger partial charge in [-0.2, -0.15) is 0 Å². The predicted molar refractivity (Wildman–Crippen MR) is 130 cm³/mol. The fourth-order valence-electron chi connectivity index (χ4n) is 4.03. The van der Waals surface area contributed by atoms with Gasteiger partial charge in [-0.3, -0.25) is 9.59 Å². The van der Waals surface area contributed by atoms with Crippen LogP contribution in [0.15, 0.2) is 0 Å². The van der Waals surface area contributed by atoms with Crippen molar-refractivity contribution >= 4 is 17.9 Å². The molecule has 0 saturated carbocycles. The lowest BCUT2D eigenvalue weighted by atomic mass is 9.99. The van der Waals surface area contributed by atoms with E-state index in [0.717, 1.165) is 0 Å². The molecule has 0 aromatic rings. The fraction of sp³-hybridized carbons (Fsp3) is 0.864. The largest absolute Gasteiger partial charge is 0.465 e. The van der Waals surface area contributed by atoms with Gasteiger partial charge in [-0.1, -0.05) is 0 Å². The maximum Gasteiger partial charge on any atom is 0.405 e. The van der Waals surface area contributed by atoms with Crippen LogP contribution in [0.5, 0.6) is 0 Å². The Kier molecular flexibility index (Phi) is 14.5. The summed E-state index contributed by atoms with van der Waals surface area (Å²) in [6.07, 6.45) is -16.8. The third-order valence-electron chi connectivity index (χ3n) is 6.36. The molecule has 2 rings (SSSR count). The number of rotatable bonds is 15. The maximum absolute atomic E-state index is 12.4. The molecular weight excluding hydrogens is 562 g/mol. The minimum atomic E-state index is -1.64. The number of carbonyl (C=O) groups is 3. The van der Waals surface area contributed by atoms with Gasteiger partial charge in [0.05, 0.1) is 26.4 Å². The summed E-state index contributed by atoms with van der Waals surface area (Å²) in [5.41, 5.74) is 0. The number of carbonyl (C=O) groups excluding carboxylic acids is 2. The van der Waals surface area contributed by atoms with E-state index in [2.05, 4.69) is 10.6 Å². The number of nitrogens with one attached hydrogen (secondary N) is 3. The summed E-state index contributed by atoms with van der Waals surface area (Å²) in [6.45, 7) is -2.02. The van der Waals surface area contributed by atoms with Gasteiger partial charge in [-0.25, -0.2) is 4.79 Å². The van der Waals surface area contributed by atoms with Crippen molar-refractivity contribution in [1.82, 2.24) is 16.0 Å². The molecule has 0 aromatic heterocycles. The molecule has 0 aliphatic carbocycles. The molecule has 2 fully saturated rings. The van der Waals surface area contributed by atoms with Crippen LogP contribution in [0.1, 0.15) is 12.8 Å². The fourth-order valence-corrected chi connectivity index (χ4v) is 4.03. The molecule has 238 valence electrons. The van der Waals surface area contributed by atoms with Crippen LogP contribution in [0.3, 0.4) is 0 Å². The highest BCUT2D eigenvalue weighted by Crippen LogP contribution is 2.22. The quantitative estimate of drug-likeness (QED) is 0.0776. The van der Waals surface area contributed by atoms with Gasteiger partial charge >= 0.3 is 6.09 Å². The predicted octanol–water partition coefficient (Wildman–Crippen LogP) is -6.73. The zero-order chi connectivity index (χ0) is 30.7. The Hall–Kier alpha value is -2.27. The summed E-state index contributed by atoms with van der Waals surface area (Å²) in [4.78, 5) is 35.7. The highest BCUT2D eigenvalue weighted by Gasteiger charge is 2.45. The molecule has 2 heterocycles. The summed E-state index contributed by atoms with van der Waals surface area (Å²) in [6, 6.07) is -1.32. The van der Waals surface area contributed by atoms with Crippen LogP contribution < -0.4 is 16.0 Å². The van der Waals surface area contributed by atoms with Gasteiger partial charge in [0, 0.05) is 19.5 Å². The molecule has 2 aliphatic rings. The first-order chi connectivity index (χ1) is 19.4. The summed E-state index contributed by atoms with van der Waals surface area (Å²) in [5, 5.41) is 93.1. The maximum atomic E-state index is 12.4. The third kappa shape index (κ3) is 10.2. The normalized spacial score (nSPS) is 34.4. The average Bonchev–Trinajstić information content (AvgIpc) is 2.94. The molecule has 11 atom stereocenters. The molecule has 2 saturated heterocycles. The van der Waals surface area contributed by atoms with Gasteiger partial charge in [0.25, 0.3) is 0 Å². The smallest absolute Gasteiger partial charge is 0.405 e. The molecule has 0 spiro atoms. The second kappa shape index (κ2) is 17.0. The Morgan fingerprint density at radius 1 is 0.707 bits per heavy atom. The van der Waals surface area contributed by atoms with Crippen LogP contribution >= 0.6 is 0 Å². The van der Waals surface area contributed by atoms with E-state index in [1.165, 1.54) is 0 Å². The van der Waals surface area contributed by atoms with E-state index >= 15 is 0 Å². The molecule has 3 amide bonds. The van der Waals surface area contributed by atoms with Crippen LogP contribution in [0.4, 0.5) is 4.79 Å². The van der Waals surface area contributed by atoms with E-state index in [-0.39, 0.29) is 39.1 Å². The number of ether oxygens (including phenoxy) is 4. The van der Waals surface area contributed by atoms with Gasteiger partial charge in [0.2, 0.25) is 11.8 Å². The average molecular weight is 602 g/mol. The SMILES string of the molecule is O=C(O)N[C@@H](CCC(=O)NCCO[C@H]1O[C@H](CO)[C@@H](O)[C@H](O)[C@@H]1O)C(=O)NCCO[C@H]1O[C@H](CO)[C@@H](O)[C@H](O)[C@@H]1O. The zero-order valence-electron chi connectivity index (χ0n) is 21.9. The van der Waals surface area contributed by atoms with Crippen LogP contribution in [0.2, 0.25) is 0 Å². The first kappa shape index (κ1) is 34.9. The van der Waals surface area contributed by atoms with E-state index in [1.807, 2.05) is 5.32 Å². The third-order valence-corrected chi connectivity index (χ3v) is 6.36. The summed E-state index contributed by atoms with van der Waals surface area (Å²) < 4.78 is 20.8. The standard InChI is InChI=1S/C22H39N3O16/c26-7-10-13(29)15(31)17(33)20(40-10)38-5-3-23-12(28)2-1-9(25-22(36)37)19(35)24-4-6-39-21-18(34)16(32)14(30)11(8-27)41-21/h9-11,13-18,20-21,25-27,29-34H,1-8H2,(H,23,28)(H,24,35)(H,36,37)/t9-,10+,11+,13+,14+,15-,16-,17-,18-,20-,21-/m0/s1. The van der Waals surface area contributed by atoms with Gasteiger partial charge in [-0.15, -0.1) is 0 Å². The summed E-state index contributed by atoms with van der Waals surface area (Å²) >= 11 is 0. The summed E-state index contributed by atoms with van der Waals surface area (Å²) in [7, 11) is 0. The number of aliphatic hydroxyl groups is 8. The van der Waals surface area contributed by atoms with E-state index in [4.69, 9.17) is 24.1 Å². The monoisotopic (exact) mass is 601 g/mol. The highest BCUT2D eigenvalue weighted by atomic mass is 16.7. The lowest BCUT2D eigenvalue weighted by Gasteiger charge is -2.39. The minimum Gasteiger partial charge on any atom is -0.465 e. The van der Waals surface area contributed by atoms with Gasteiger partial charge in [0.1, 0.15) is 54.9 Å². The van der Waals surface area contributed by atoms with Crippen LogP contribution in [-0.4, -0.2) is 171 Å². The van der Waals surface area contributed by atoms with Crippen molar-refractivity contribution in [3.05, 3.63) is 0 Å². The van der Waals surface area contributed by atoms with Crippen molar-refractivity contribution in [3.8, 4) is 0 Å². The van der Waals surface area contributed by atoms with Crippen molar-refractivity contribution in [3.63, 3.8) is 0 Å². The Morgan fingerprint density at radius 2 is 1.17 bits per heavy atom. The van der Waals surface area contributed by atoms with E-state index in [0.29, 0.717) is 0 Å².